The number of esters is 1. The third-order valence-electron chi connectivity index (χ3n) is 7.49. The first-order valence-corrected chi connectivity index (χ1v) is 17.6. The molecule has 1 aromatic heterocycles. The van der Waals surface area contributed by atoms with E-state index in [1.54, 1.807) is 31.2 Å². The Morgan fingerprint density at radius 1 is 0.938 bits per heavy atom. The van der Waals surface area contributed by atoms with Gasteiger partial charge in [0.05, 0.1) is 49.1 Å². The number of nitrogens with zero attached hydrogens (tertiary/aromatic N) is 1. The molecule has 0 spiro atoms. The third kappa shape index (κ3) is 7.78. The van der Waals surface area contributed by atoms with Gasteiger partial charge in [-0.1, -0.05) is 82.8 Å². The highest BCUT2D eigenvalue weighted by Gasteiger charge is 2.31. The van der Waals surface area contributed by atoms with Crippen molar-refractivity contribution in [2.24, 2.45) is 0 Å². The van der Waals surface area contributed by atoms with E-state index >= 15 is 0 Å². The van der Waals surface area contributed by atoms with Crippen LogP contribution in [-0.4, -0.2) is 52.7 Å². The predicted molar refractivity (Wildman–Crippen MR) is 192 cm³/mol. The Hall–Kier alpha value is -3.29. The lowest BCUT2D eigenvalue weighted by Crippen LogP contribution is -2.29. The van der Waals surface area contributed by atoms with Gasteiger partial charge in [0.1, 0.15) is 5.00 Å². The molecule has 4 aromatic rings. The summed E-state index contributed by atoms with van der Waals surface area (Å²) in [7, 11) is 1.32. The molecule has 1 atom stereocenters. The van der Waals surface area contributed by atoms with Gasteiger partial charge in [0, 0.05) is 35.1 Å². The summed E-state index contributed by atoms with van der Waals surface area (Å²) >= 11 is 27.0. The maximum absolute atomic E-state index is 13.4. The molecule has 2 amide bonds. The molecule has 48 heavy (non-hydrogen) atoms. The molecule has 5 rings (SSSR count). The number of thioether (sulfide) groups is 1. The summed E-state index contributed by atoms with van der Waals surface area (Å²) in [6.45, 7) is 3.90. The smallest absolute Gasteiger partial charge is 0.341 e. The second kappa shape index (κ2) is 15.5. The summed E-state index contributed by atoms with van der Waals surface area (Å²) in [6.07, 6.45) is 0.648. The van der Waals surface area contributed by atoms with Gasteiger partial charge in [0.25, 0.3) is 5.91 Å². The Morgan fingerprint density at radius 2 is 1.62 bits per heavy atom. The molecule has 0 saturated heterocycles. The Kier molecular flexibility index (Phi) is 11.6. The Bertz CT molecular complexity index is 1920. The van der Waals surface area contributed by atoms with Crippen molar-refractivity contribution in [3.63, 3.8) is 0 Å². The SMILES string of the molecule is COC(=O)c1c(NC(=O)C(C)Sc2cccc(NC(=O)c3c(Cl)c(Cl)c(Cl)c(Cl)c3C(=O)O)c2)sc2c1CCN(Cc1ccccc1)C2. The van der Waals surface area contributed by atoms with E-state index in [1.165, 1.54) is 35.8 Å². The zero-order valence-electron chi connectivity index (χ0n) is 25.4. The van der Waals surface area contributed by atoms with Crippen LogP contribution >= 0.6 is 69.5 Å². The average molecular weight is 768 g/mol. The number of amides is 2. The summed E-state index contributed by atoms with van der Waals surface area (Å²) in [4.78, 5) is 55.3. The minimum Gasteiger partial charge on any atom is -0.478 e. The van der Waals surface area contributed by atoms with E-state index in [1.807, 2.05) is 18.2 Å². The number of aromatic carboxylic acids is 1. The highest BCUT2D eigenvalue weighted by molar-refractivity contribution is 8.00. The normalized spacial score (nSPS) is 13.4. The van der Waals surface area contributed by atoms with Crippen molar-refractivity contribution in [1.29, 1.82) is 0 Å². The molecule has 0 saturated carbocycles. The summed E-state index contributed by atoms with van der Waals surface area (Å²) in [5, 5.41) is 13.7. The molecule has 0 fully saturated rings. The van der Waals surface area contributed by atoms with Gasteiger partial charge < -0.3 is 20.5 Å². The quantitative estimate of drug-likeness (QED) is 0.0634. The third-order valence-corrected chi connectivity index (χ3v) is 11.5. The van der Waals surface area contributed by atoms with Crippen LogP contribution in [0.15, 0.2) is 59.5 Å². The first-order valence-electron chi connectivity index (χ1n) is 14.4. The van der Waals surface area contributed by atoms with Crippen molar-refractivity contribution in [2.75, 3.05) is 24.3 Å². The van der Waals surface area contributed by atoms with Crippen molar-refractivity contribution < 1.29 is 29.0 Å². The fourth-order valence-corrected chi connectivity index (χ4v) is 8.42. The molecule has 0 bridgehead atoms. The van der Waals surface area contributed by atoms with Crippen LogP contribution in [0, 0.1) is 0 Å². The molecule has 0 aliphatic carbocycles. The Morgan fingerprint density at radius 3 is 2.29 bits per heavy atom. The minimum absolute atomic E-state index is 0.255. The van der Waals surface area contributed by atoms with Crippen molar-refractivity contribution in [3.05, 3.63) is 107 Å². The number of thiophene rings is 1. The second-order valence-electron chi connectivity index (χ2n) is 10.7. The molecule has 15 heteroatoms. The van der Waals surface area contributed by atoms with Crippen LogP contribution in [-0.2, 0) is 29.0 Å². The molecule has 3 aromatic carbocycles. The number of benzene rings is 3. The standard InChI is InChI=1S/C33H27Cl4N3O6S2/c1-16(47-19-10-6-9-18(13-19)38-30(42)23-24(32(43)44)26(35)28(37)27(36)25(23)34)29(41)39-31-22(33(45)46-2)20-11-12-40(15-21(20)48-31)14-17-7-4-3-5-8-17/h3-10,13,16H,11-12,14-15H2,1-2H3,(H,38,42)(H,39,41)(H,43,44). The number of carbonyl (C=O) groups is 4. The monoisotopic (exact) mass is 765 g/mol. The summed E-state index contributed by atoms with van der Waals surface area (Å²) in [6, 6.07) is 16.8. The first kappa shape index (κ1) is 36.0. The fraction of sp³-hybridized carbons (Fsp3) is 0.212. The number of rotatable bonds is 10. The highest BCUT2D eigenvalue weighted by atomic mass is 35.5. The predicted octanol–water partition coefficient (Wildman–Crippen LogP) is 8.78. The van der Waals surface area contributed by atoms with E-state index in [-0.39, 0.29) is 21.0 Å². The van der Waals surface area contributed by atoms with Gasteiger partial charge in [-0.05, 0) is 42.7 Å². The number of carboxylic acids is 1. The molecule has 1 aliphatic heterocycles. The van der Waals surface area contributed by atoms with Gasteiger partial charge in [-0.15, -0.1) is 23.1 Å². The zero-order valence-corrected chi connectivity index (χ0v) is 30.0. The fourth-order valence-electron chi connectivity index (χ4n) is 5.20. The number of hydrogen-bond acceptors (Lipinski definition) is 8. The Labute approximate surface area is 304 Å². The second-order valence-corrected chi connectivity index (χ2v) is 14.7. The summed E-state index contributed by atoms with van der Waals surface area (Å²) < 4.78 is 5.09. The molecule has 1 aliphatic rings. The number of hydrogen-bond donors (Lipinski definition) is 3. The molecular formula is C33H27Cl4N3O6S2. The van der Waals surface area contributed by atoms with E-state index < -0.39 is 39.2 Å². The maximum Gasteiger partial charge on any atom is 0.341 e. The average Bonchev–Trinajstić information content (AvgIpc) is 3.42. The number of methoxy groups -OCH3 is 1. The van der Waals surface area contributed by atoms with Gasteiger partial charge in [-0.25, -0.2) is 9.59 Å². The van der Waals surface area contributed by atoms with E-state index in [0.29, 0.717) is 34.1 Å². The van der Waals surface area contributed by atoms with Crippen LogP contribution in [0.2, 0.25) is 20.1 Å². The largest absolute Gasteiger partial charge is 0.478 e. The lowest BCUT2D eigenvalue weighted by atomic mass is 10.0. The number of ether oxygens (including phenoxy) is 1. The van der Waals surface area contributed by atoms with E-state index in [2.05, 4.69) is 27.7 Å². The lowest BCUT2D eigenvalue weighted by Gasteiger charge is -2.27. The zero-order chi connectivity index (χ0) is 34.7. The summed E-state index contributed by atoms with van der Waals surface area (Å²) in [5.41, 5.74) is 1.73. The van der Waals surface area contributed by atoms with Gasteiger partial charge in [-0.3, -0.25) is 14.5 Å². The number of carbonyl (C=O) groups excluding carboxylic acids is 3. The maximum atomic E-state index is 13.4. The van der Waals surface area contributed by atoms with Crippen molar-refractivity contribution >= 4 is 104 Å². The van der Waals surface area contributed by atoms with Gasteiger partial charge in [0.15, 0.2) is 0 Å². The van der Waals surface area contributed by atoms with Crippen LogP contribution in [0.4, 0.5) is 10.7 Å². The van der Waals surface area contributed by atoms with Crippen LogP contribution in [0.1, 0.15) is 54.0 Å². The van der Waals surface area contributed by atoms with E-state index in [9.17, 15) is 24.3 Å². The van der Waals surface area contributed by atoms with Crippen LogP contribution in [0.3, 0.4) is 0 Å². The van der Waals surface area contributed by atoms with Crippen LogP contribution in [0.25, 0.3) is 0 Å². The number of nitrogens with one attached hydrogen (secondary N) is 2. The number of anilines is 2. The molecule has 1 unspecified atom stereocenters. The lowest BCUT2D eigenvalue weighted by molar-refractivity contribution is -0.115. The van der Waals surface area contributed by atoms with Crippen molar-refractivity contribution in [1.82, 2.24) is 4.90 Å². The molecule has 2 heterocycles. The molecule has 250 valence electrons. The number of fused-ring (bicyclic) bond motifs is 1. The Balaban J connectivity index is 1.29. The molecular weight excluding hydrogens is 740 g/mol. The number of carboxylic acid groups (broad SMARTS) is 1. The minimum atomic E-state index is -1.51. The van der Waals surface area contributed by atoms with Gasteiger partial charge in [-0.2, -0.15) is 0 Å². The van der Waals surface area contributed by atoms with E-state index in [0.717, 1.165) is 23.5 Å². The molecule has 0 radical (unpaired) electrons. The molecule has 3 N–H and O–H groups in total. The molecule has 9 nitrogen and oxygen atoms in total. The topological polar surface area (TPSA) is 125 Å². The van der Waals surface area contributed by atoms with Crippen molar-refractivity contribution in [2.45, 2.75) is 36.6 Å². The van der Waals surface area contributed by atoms with Gasteiger partial charge in [0.2, 0.25) is 5.91 Å². The van der Waals surface area contributed by atoms with Crippen LogP contribution < -0.4 is 10.6 Å². The first-order chi connectivity index (χ1) is 22.9. The van der Waals surface area contributed by atoms with Gasteiger partial charge >= 0.3 is 11.9 Å². The summed E-state index contributed by atoms with van der Waals surface area (Å²) in [5.74, 6) is -3.22. The number of halogens is 4. The van der Waals surface area contributed by atoms with E-state index in [4.69, 9.17) is 51.1 Å². The highest BCUT2D eigenvalue weighted by Crippen LogP contribution is 2.42. The van der Waals surface area contributed by atoms with Crippen molar-refractivity contribution in [3.8, 4) is 0 Å². The van der Waals surface area contributed by atoms with Crippen LogP contribution in [0.5, 0.6) is 0 Å².